The zero-order chi connectivity index (χ0) is 13.0. The van der Waals surface area contributed by atoms with Crippen LogP contribution in [0.25, 0.3) is 11.4 Å². The summed E-state index contributed by atoms with van der Waals surface area (Å²) in [5.41, 5.74) is 3.10. The molecule has 0 radical (unpaired) electrons. The van der Waals surface area contributed by atoms with E-state index in [4.69, 9.17) is 4.74 Å². The Kier molecular flexibility index (Phi) is 3.89. The summed E-state index contributed by atoms with van der Waals surface area (Å²) in [7, 11) is 3.55. The van der Waals surface area contributed by atoms with Gasteiger partial charge in [-0.05, 0) is 12.5 Å². The maximum Gasteiger partial charge on any atom is 0.161 e. The number of anilines is 1. The lowest BCUT2D eigenvalue weighted by Gasteiger charge is -2.06. The molecule has 1 aromatic heterocycles. The van der Waals surface area contributed by atoms with Crippen molar-refractivity contribution in [2.24, 2.45) is 0 Å². The minimum absolute atomic E-state index is 0.622. The molecule has 0 saturated carbocycles. The number of hydrogen-bond donors (Lipinski definition) is 1. The largest absolute Gasteiger partial charge is 0.380 e. The fraction of sp³-hybridized carbons (Fsp3) is 0.286. The first-order valence-corrected chi connectivity index (χ1v) is 5.84. The topological polar surface area (TPSA) is 47.0 Å². The average Bonchev–Trinajstić information content (AvgIpc) is 2.39. The molecule has 0 amide bonds. The van der Waals surface area contributed by atoms with Crippen LogP contribution >= 0.6 is 0 Å². The summed E-state index contributed by atoms with van der Waals surface area (Å²) in [6.07, 6.45) is 0. The van der Waals surface area contributed by atoms with Crippen LogP contribution in [-0.2, 0) is 11.3 Å². The summed E-state index contributed by atoms with van der Waals surface area (Å²) in [6, 6.07) is 10.0. The lowest BCUT2D eigenvalue weighted by Crippen LogP contribution is -1.98. The van der Waals surface area contributed by atoms with E-state index in [0.717, 1.165) is 28.5 Å². The molecule has 1 N–H and O–H groups in total. The van der Waals surface area contributed by atoms with E-state index in [1.807, 2.05) is 44.3 Å². The van der Waals surface area contributed by atoms with Gasteiger partial charge < -0.3 is 10.1 Å². The molecular formula is C14H17N3O. The number of methoxy groups -OCH3 is 1. The van der Waals surface area contributed by atoms with Crippen molar-refractivity contribution in [3.05, 3.63) is 41.6 Å². The number of benzene rings is 1. The molecule has 4 heteroatoms. The van der Waals surface area contributed by atoms with E-state index < -0.39 is 0 Å². The Bertz CT molecular complexity index is 523. The second-order valence-corrected chi connectivity index (χ2v) is 4.10. The van der Waals surface area contributed by atoms with Crippen LogP contribution in [0.5, 0.6) is 0 Å². The molecule has 0 aliphatic heterocycles. The Hall–Kier alpha value is -1.94. The van der Waals surface area contributed by atoms with Crippen LogP contribution in [0.1, 0.15) is 11.3 Å². The monoisotopic (exact) mass is 243 g/mol. The van der Waals surface area contributed by atoms with Gasteiger partial charge in [-0.3, -0.25) is 0 Å². The zero-order valence-corrected chi connectivity index (χ0v) is 10.9. The van der Waals surface area contributed by atoms with Gasteiger partial charge in [0.15, 0.2) is 5.82 Å². The van der Waals surface area contributed by atoms with Gasteiger partial charge >= 0.3 is 0 Å². The molecule has 0 saturated heterocycles. The van der Waals surface area contributed by atoms with Gasteiger partial charge in [-0.1, -0.05) is 24.3 Å². The normalized spacial score (nSPS) is 10.4. The quantitative estimate of drug-likeness (QED) is 0.896. The second-order valence-electron chi connectivity index (χ2n) is 4.10. The number of hydrogen-bond acceptors (Lipinski definition) is 4. The summed E-state index contributed by atoms with van der Waals surface area (Å²) < 4.78 is 5.09. The number of nitrogens with zero attached hydrogens (tertiary/aromatic N) is 2. The van der Waals surface area contributed by atoms with Gasteiger partial charge in [-0.2, -0.15) is 0 Å². The van der Waals surface area contributed by atoms with Crippen LogP contribution in [0.4, 0.5) is 5.82 Å². The Labute approximate surface area is 107 Å². The van der Waals surface area contributed by atoms with Gasteiger partial charge in [-0.25, -0.2) is 9.97 Å². The molecular weight excluding hydrogens is 226 g/mol. The van der Waals surface area contributed by atoms with Crippen molar-refractivity contribution in [1.82, 2.24) is 9.97 Å². The lowest BCUT2D eigenvalue weighted by molar-refractivity contribution is 0.185. The number of aromatic nitrogens is 2. The smallest absolute Gasteiger partial charge is 0.161 e. The van der Waals surface area contributed by atoms with E-state index in [9.17, 15) is 0 Å². The van der Waals surface area contributed by atoms with Gasteiger partial charge in [0.1, 0.15) is 5.82 Å². The Morgan fingerprint density at radius 2 is 1.89 bits per heavy atom. The molecule has 94 valence electrons. The van der Waals surface area contributed by atoms with Gasteiger partial charge in [0.25, 0.3) is 0 Å². The van der Waals surface area contributed by atoms with Crippen molar-refractivity contribution in [3.8, 4) is 11.4 Å². The SMILES string of the molecule is CNc1cc(C)nc(-c2ccc(COC)cc2)n1. The first kappa shape index (κ1) is 12.5. The van der Waals surface area contributed by atoms with Crippen molar-refractivity contribution in [1.29, 1.82) is 0 Å². The van der Waals surface area contributed by atoms with Crippen LogP contribution in [0.2, 0.25) is 0 Å². The molecule has 0 fully saturated rings. The summed E-state index contributed by atoms with van der Waals surface area (Å²) in [6.45, 7) is 2.59. The van der Waals surface area contributed by atoms with Crippen molar-refractivity contribution >= 4 is 5.82 Å². The predicted molar refractivity (Wildman–Crippen MR) is 72.5 cm³/mol. The molecule has 1 heterocycles. The van der Waals surface area contributed by atoms with E-state index in [1.54, 1.807) is 7.11 Å². The predicted octanol–water partition coefficient (Wildman–Crippen LogP) is 2.64. The standard InChI is InChI=1S/C14H17N3O/c1-10-8-13(15-2)17-14(16-10)12-6-4-11(5-7-12)9-18-3/h4-8H,9H2,1-3H3,(H,15,16,17). The van der Waals surface area contributed by atoms with Gasteiger partial charge in [-0.15, -0.1) is 0 Å². The van der Waals surface area contributed by atoms with E-state index in [1.165, 1.54) is 0 Å². The third-order valence-corrected chi connectivity index (χ3v) is 2.63. The number of aryl methyl sites for hydroxylation is 1. The fourth-order valence-corrected chi connectivity index (χ4v) is 1.74. The lowest BCUT2D eigenvalue weighted by atomic mass is 10.1. The van der Waals surface area contributed by atoms with Crippen molar-refractivity contribution in [2.75, 3.05) is 19.5 Å². The second kappa shape index (κ2) is 5.60. The first-order valence-electron chi connectivity index (χ1n) is 5.84. The minimum Gasteiger partial charge on any atom is -0.380 e. The summed E-state index contributed by atoms with van der Waals surface area (Å²) in [4.78, 5) is 8.89. The molecule has 0 aliphatic carbocycles. The van der Waals surface area contributed by atoms with E-state index in [0.29, 0.717) is 6.61 Å². The van der Waals surface area contributed by atoms with Crippen molar-refractivity contribution in [2.45, 2.75) is 13.5 Å². The molecule has 0 aliphatic rings. The van der Waals surface area contributed by atoms with Gasteiger partial charge in [0.2, 0.25) is 0 Å². The number of rotatable bonds is 4. The Morgan fingerprint density at radius 1 is 1.17 bits per heavy atom. The van der Waals surface area contributed by atoms with E-state index >= 15 is 0 Å². The first-order chi connectivity index (χ1) is 8.72. The van der Waals surface area contributed by atoms with Crippen molar-refractivity contribution < 1.29 is 4.74 Å². The van der Waals surface area contributed by atoms with Crippen LogP contribution in [0.3, 0.4) is 0 Å². The van der Waals surface area contributed by atoms with Crippen LogP contribution in [0, 0.1) is 6.92 Å². The maximum atomic E-state index is 5.09. The molecule has 4 nitrogen and oxygen atoms in total. The van der Waals surface area contributed by atoms with Gasteiger partial charge in [0.05, 0.1) is 6.61 Å². The fourth-order valence-electron chi connectivity index (χ4n) is 1.74. The summed E-state index contributed by atoms with van der Waals surface area (Å²) >= 11 is 0. The highest BCUT2D eigenvalue weighted by atomic mass is 16.5. The molecule has 0 unspecified atom stereocenters. The number of nitrogens with one attached hydrogen (secondary N) is 1. The zero-order valence-electron chi connectivity index (χ0n) is 10.9. The van der Waals surface area contributed by atoms with Crippen molar-refractivity contribution in [3.63, 3.8) is 0 Å². The highest BCUT2D eigenvalue weighted by molar-refractivity contribution is 5.57. The van der Waals surface area contributed by atoms with E-state index in [-0.39, 0.29) is 0 Å². The molecule has 18 heavy (non-hydrogen) atoms. The average molecular weight is 243 g/mol. The van der Waals surface area contributed by atoms with E-state index in [2.05, 4.69) is 15.3 Å². The summed E-state index contributed by atoms with van der Waals surface area (Å²) in [5.74, 6) is 1.57. The highest BCUT2D eigenvalue weighted by Gasteiger charge is 2.04. The number of ether oxygens (including phenoxy) is 1. The molecule has 1 aromatic carbocycles. The molecule has 2 aromatic rings. The molecule has 0 spiro atoms. The van der Waals surface area contributed by atoms with Crippen LogP contribution in [-0.4, -0.2) is 24.1 Å². The minimum atomic E-state index is 0.622. The highest BCUT2D eigenvalue weighted by Crippen LogP contribution is 2.18. The van der Waals surface area contributed by atoms with Crippen LogP contribution in [0.15, 0.2) is 30.3 Å². The molecule has 2 rings (SSSR count). The van der Waals surface area contributed by atoms with Crippen LogP contribution < -0.4 is 5.32 Å². The molecule has 0 bridgehead atoms. The Morgan fingerprint density at radius 3 is 2.50 bits per heavy atom. The Balaban J connectivity index is 2.33. The summed E-state index contributed by atoms with van der Waals surface area (Å²) in [5, 5.41) is 3.04. The molecule has 0 atom stereocenters. The van der Waals surface area contributed by atoms with Gasteiger partial charge in [0, 0.05) is 31.5 Å². The third-order valence-electron chi connectivity index (χ3n) is 2.63. The maximum absolute atomic E-state index is 5.09. The third kappa shape index (κ3) is 2.84.